The average Bonchev–Trinajstić information content (AvgIpc) is 2.81. The Balaban J connectivity index is 1.95. The van der Waals surface area contributed by atoms with Crippen LogP contribution in [0.25, 0.3) is 0 Å². The summed E-state index contributed by atoms with van der Waals surface area (Å²) in [6.07, 6.45) is 0.909. The summed E-state index contributed by atoms with van der Waals surface area (Å²) >= 11 is 17.8. The Morgan fingerprint density at radius 3 is 2.55 bits per heavy atom. The number of anilines is 1. The minimum atomic E-state index is -0.185. The van der Waals surface area contributed by atoms with Gasteiger partial charge in [0, 0.05) is 18.2 Å². The molecule has 110 valence electrons. The van der Waals surface area contributed by atoms with Gasteiger partial charge in [-0.1, -0.05) is 34.8 Å². The van der Waals surface area contributed by atoms with Gasteiger partial charge in [0.2, 0.25) is 5.91 Å². The molecule has 1 amide bonds. The third-order valence-electron chi connectivity index (χ3n) is 3.27. The van der Waals surface area contributed by atoms with Gasteiger partial charge in [-0.05, 0) is 31.0 Å². The molecule has 4 nitrogen and oxygen atoms in total. The molecule has 2 N–H and O–H groups in total. The van der Waals surface area contributed by atoms with Crippen molar-refractivity contribution in [2.75, 3.05) is 31.6 Å². The molecule has 1 unspecified atom stereocenters. The first-order valence-electron chi connectivity index (χ1n) is 6.27. The second-order valence-corrected chi connectivity index (χ2v) is 6.12. The predicted molar refractivity (Wildman–Crippen MR) is 81.7 cm³/mol. The Labute approximate surface area is 132 Å². The summed E-state index contributed by atoms with van der Waals surface area (Å²) in [7, 11) is 0. The van der Waals surface area contributed by atoms with E-state index in [1.165, 1.54) is 12.1 Å². The first-order chi connectivity index (χ1) is 9.49. The number of halogens is 3. The van der Waals surface area contributed by atoms with Crippen LogP contribution in [0.3, 0.4) is 0 Å². The maximum Gasteiger partial charge on any atom is 0.238 e. The van der Waals surface area contributed by atoms with E-state index in [2.05, 4.69) is 5.32 Å². The number of amides is 1. The van der Waals surface area contributed by atoms with Crippen LogP contribution in [-0.4, -0.2) is 42.2 Å². The average molecular weight is 338 g/mol. The van der Waals surface area contributed by atoms with E-state index in [9.17, 15) is 4.79 Å². The fourth-order valence-electron chi connectivity index (χ4n) is 2.25. The van der Waals surface area contributed by atoms with Crippen molar-refractivity contribution in [3.63, 3.8) is 0 Å². The Kier molecular flexibility index (Phi) is 5.52. The highest BCUT2D eigenvalue weighted by molar-refractivity contribution is 6.42. The summed E-state index contributed by atoms with van der Waals surface area (Å²) in [6.45, 7) is 1.95. The maximum atomic E-state index is 12.0. The molecule has 7 heteroatoms. The van der Waals surface area contributed by atoms with Crippen LogP contribution in [0.2, 0.25) is 15.1 Å². The molecule has 2 rings (SSSR count). The highest BCUT2D eigenvalue weighted by atomic mass is 35.5. The Morgan fingerprint density at radius 2 is 2.00 bits per heavy atom. The van der Waals surface area contributed by atoms with E-state index in [4.69, 9.17) is 39.9 Å². The van der Waals surface area contributed by atoms with Gasteiger partial charge in [0.15, 0.2) is 0 Å². The van der Waals surface area contributed by atoms with Gasteiger partial charge < -0.3 is 10.4 Å². The predicted octanol–water partition coefficient (Wildman–Crippen LogP) is 2.90. The second-order valence-electron chi connectivity index (χ2n) is 4.87. The SMILES string of the molecule is O=C(CN1CCC(CO)C1)Nc1c(Cl)cc(Cl)cc1Cl. The van der Waals surface area contributed by atoms with Crippen LogP contribution in [0.4, 0.5) is 5.69 Å². The summed E-state index contributed by atoms with van der Waals surface area (Å²) in [5.74, 6) is 0.0696. The topological polar surface area (TPSA) is 52.6 Å². The molecule has 0 radical (unpaired) electrons. The monoisotopic (exact) mass is 336 g/mol. The van der Waals surface area contributed by atoms with Crippen LogP contribution in [-0.2, 0) is 4.79 Å². The molecule has 0 aromatic heterocycles. The van der Waals surface area contributed by atoms with Crippen LogP contribution >= 0.6 is 34.8 Å². The van der Waals surface area contributed by atoms with Crippen LogP contribution < -0.4 is 5.32 Å². The molecule has 1 aliphatic heterocycles. The number of nitrogens with one attached hydrogen (secondary N) is 1. The van der Waals surface area contributed by atoms with Gasteiger partial charge in [0.1, 0.15) is 0 Å². The van der Waals surface area contributed by atoms with Crippen molar-refractivity contribution in [1.29, 1.82) is 0 Å². The van der Waals surface area contributed by atoms with Gasteiger partial charge in [0.25, 0.3) is 0 Å². The first kappa shape index (κ1) is 15.9. The highest BCUT2D eigenvalue weighted by Crippen LogP contribution is 2.33. The second kappa shape index (κ2) is 6.96. The van der Waals surface area contributed by atoms with Gasteiger partial charge in [-0.15, -0.1) is 0 Å². The Bertz CT molecular complexity index is 487. The molecule has 1 aromatic carbocycles. The largest absolute Gasteiger partial charge is 0.396 e. The lowest BCUT2D eigenvalue weighted by Gasteiger charge is -2.16. The summed E-state index contributed by atoms with van der Waals surface area (Å²) in [6, 6.07) is 3.06. The first-order valence-corrected chi connectivity index (χ1v) is 7.40. The van der Waals surface area contributed by atoms with Crippen molar-refractivity contribution in [3.8, 4) is 0 Å². The third-order valence-corrected chi connectivity index (χ3v) is 4.08. The van der Waals surface area contributed by atoms with Gasteiger partial charge in [-0.25, -0.2) is 0 Å². The quantitative estimate of drug-likeness (QED) is 0.888. The fraction of sp³-hybridized carbons (Fsp3) is 0.462. The molecule has 1 aliphatic rings. The molecule has 1 aromatic rings. The number of rotatable bonds is 4. The van der Waals surface area contributed by atoms with Crippen molar-refractivity contribution < 1.29 is 9.90 Å². The summed E-state index contributed by atoms with van der Waals surface area (Å²) in [5, 5.41) is 12.8. The number of hydrogen-bond donors (Lipinski definition) is 2. The molecular weight excluding hydrogens is 323 g/mol. The van der Waals surface area contributed by atoms with E-state index < -0.39 is 0 Å². The molecular formula is C13H15Cl3N2O2. The van der Waals surface area contributed by atoms with Crippen LogP contribution in [0.15, 0.2) is 12.1 Å². The lowest BCUT2D eigenvalue weighted by atomic mass is 10.1. The smallest absolute Gasteiger partial charge is 0.238 e. The third kappa shape index (κ3) is 3.99. The Hall–Kier alpha value is -0.520. The van der Waals surface area contributed by atoms with Crippen molar-refractivity contribution in [1.82, 2.24) is 4.90 Å². The fourth-order valence-corrected chi connectivity index (χ4v) is 3.16. The lowest BCUT2D eigenvalue weighted by Crippen LogP contribution is -2.32. The molecule has 0 bridgehead atoms. The van der Waals surface area contributed by atoms with E-state index in [1.54, 1.807) is 0 Å². The molecule has 1 saturated heterocycles. The zero-order valence-electron chi connectivity index (χ0n) is 10.7. The van der Waals surface area contributed by atoms with Crippen LogP contribution in [0.5, 0.6) is 0 Å². The van der Waals surface area contributed by atoms with E-state index >= 15 is 0 Å². The van der Waals surface area contributed by atoms with E-state index in [0.717, 1.165) is 19.5 Å². The Morgan fingerprint density at radius 1 is 1.35 bits per heavy atom. The number of carbonyl (C=O) groups is 1. The number of hydrogen-bond acceptors (Lipinski definition) is 3. The minimum Gasteiger partial charge on any atom is -0.396 e. The van der Waals surface area contributed by atoms with E-state index in [0.29, 0.717) is 20.8 Å². The van der Waals surface area contributed by atoms with Crippen LogP contribution in [0, 0.1) is 5.92 Å². The number of aliphatic hydroxyl groups is 1. The van der Waals surface area contributed by atoms with Gasteiger partial charge in [0.05, 0.1) is 22.3 Å². The molecule has 1 fully saturated rings. The molecule has 0 spiro atoms. The highest BCUT2D eigenvalue weighted by Gasteiger charge is 2.23. The number of aliphatic hydroxyl groups excluding tert-OH is 1. The number of nitrogens with zero attached hydrogens (tertiary/aromatic N) is 1. The van der Waals surface area contributed by atoms with Crippen molar-refractivity contribution >= 4 is 46.4 Å². The van der Waals surface area contributed by atoms with Crippen molar-refractivity contribution in [2.45, 2.75) is 6.42 Å². The normalized spacial score (nSPS) is 19.3. The van der Waals surface area contributed by atoms with Gasteiger partial charge in [-0.3, -0.25) is 9.69 Å². The molecule has 1 atom stereocenters. The summed E-state index contributed by atoms with van der Waals surface area (Å²) in [4.78, 5) is 14.0. The van der Waals surface area contributed by atoms with E-state index in [1.807, 2.05) is 4.90 Å². The minimum absolute atomic E-state index is 0.160. The van der Waals surface area contributed by atoms with Crippen molar-refractivity contribution in [3.05, 3.63) is 27.2 Å². The zero-order chi connectivity index (χ0) is 14.7. The van der Waals surface area contributed by atoms with Crippen molar-refractivity contribution in [2.24, 2.45) is 5.92 Å². The van der Waals surface area contributed by atoms with Gasteiger partial charge in [-0.2, -0.15) is 0 Å². The molecule has 1 heterocycles. The number of likely N-dealkylation sites (tertiary alicyclic amines) is 1. The summed E-state index contributed by atoms with van der Waals surface area (Å²) in [5.41, 5.74) is 0.376. The zero-order valence-corrected chi connectivity index (χ0v) is 13.0. The maximum absolute atomic E-state index is 12.0. The molecule has 20 heavy (non-hydrogen) atoms. The number of benzene rings is 1. The van der Waals surface area contributed by atoms with Crippen LogP contribution in [0.1, 0.15) is 6.42 Å². The molecule has 0 aliphatic carbocycles. The number of carbonyl (C=O) groups excluding carboxylic acids is 1. The standard InChI is InChI=1S/C13H15Cl3N2O2/c14-9-3-10(15)13(11(16)4-9)17-12(20)6-18-2-1-8(5-18)7-19/h3-4,8,19H,1-2,5-7H2,(H,17,20). The lowest BCUT2D eigenvalue weighted by molar-refractivity contribution is -0.117. The molecule has 0 saturated carbocycles. The summed E-state index contributed by atoms with van der Waals surface area (Å²) < 4.78 is 0. The van der Waals surface area contributed by atoms with E-state index in [-0.39, 0.29) is 25.0 Å². The van der Waals surface area contributed by atoms with Gasteiger partial charge >= 0.3 is 0 Å².